The molecular formula is C21H26N2O5S. The Morgan fingerprint density at radius 1 is 1.03 bits per heavy atom. The van der Waals surface area contributed by atoms with Crippen LogP contribution in [0.5, 0.6) is 11.5 Å². The van der Waals surface area contributed by atoms with E-state index < -0.39 is 10.0 Å². The first-order chi connectivity index (χ1) is 13.9. The van der Waals surface area contributed by atoms with Crippen LogP contribution in [0.3, 0.4) is 0 Å². The lowest BCUT2D eigenvalue weighted by atomic mass is 9.81. The van der Waals surface area contributed by atoms with Gasteiger partial charge in [0.25, 0.3) is 0 Å². The number of sulfonamides is 1. The minimum Gasteiger partial charge on any atom is -0.508 e. The van der Waals surface area contributed by atoms with Gasteiger partial charge >= 0.3 is 0 Å². The number of amides is 1. The van der Waals surface area contributed by atoms with Crippen LogP contribution in [0, 0.1) is 11.8 Å². The van der Waals surface area contributed by atoms with E-state index in [2.05, 4.69) is 10.0 Å². The molecule has 8 heteroatoms. The third-order valence-corrected chi connectivity index (χ3v) is 6.72. The highest BCUT2D eigenvalue weighted by Crippen LogP contribution is 2.30. The molecule has 0 aromatic heterocycles. The molecule has 1 fully saturated rings. The van der Waals surface area contributed by atoms with Crippen molar-refractivity contribution in [1.29, 1.82) is 0 Å². The van der Waals surface area contributed by atoms with Crippen LogP contribution >= 0.6 is 0 Å². The van der Waals surface area contributed by atoms with E-state index in [1.54, 1.807) is 24.3 Å². The lowest BCUT2D eigenvalue weighted by molar-refractivity contribution is -0.121. The monoisotopic (exact) mass is 418 g/mol. The number of carbonyl (C=O) groups is 1. The van der Waals surface area contributed by atoms with Crippen LogP contribution in [0.15, 0.2) is 53.4 Å². The summed E-state index contributed by atoms with van der Waals surface area (Å²) >= 11 is 0. The number of benzene rings is 2. The summed E-state index contributed by atoms with van der Waals surface area (Å²) in [6.45, 7) is 0.362. The van der Waals surface area contributed by atoms with Crippen molar-refractivity contribution in [3.63, 3.8) is 0 Å². The molecule has 1 aliphatic rings. The van der Waals surface area contributed by atoms with Crippen LogP contribution < -0.4 is 14.8 Å². The quantitative estimate of drug-likeness (QED) is 0.599. The van der Waals surface area contributed by atoms with E-state index in [4.69, 9.17) is 4.74 Å². The Balaban J connectivity index is 1.46. The highest BCUT2D eigenvalue weighted by atomic mass is 32.2. The van der Waals surface area contributed by atoms with E-state index in [1.807, 2.05) is 0 Å². The summed E-state index contributed by atoms with van der Waals surface area (Å²) in [6, 6.07) is 12.7. The van der Waals surface area contributed by atoms with Crippen molar-refractivity contribution in [2.75, 3.05) is 19.0 Å². The number of carbonyl (C=O) groups excluding carboxylic acids is 1. The topological polar surface area (TPSA) is 105 Å². The molecular weight excluding hydrogens is 392 g/mol. The smallest absolute Gasteiger partial charge is 0.240 e. The fraction of sp³-hybridized carbons (Fsp3) is 0.381. The Hall–Kier alpha value is -2.58. The maximum Gasteiger partial charge on any atom is 0.240 e. The molecule has 0 radical (unpaired) electrons. The first-order valence-electron chi connectivity index (χ1n) is 9.61. The van der Waals surface area contributed by atoms with Crippen LogP contribution in [-0.4, -0.2) is 33.1 Å². The first-order valence-corrected chi connectivity index (χ1v) is 11.1. The summed E-state index contributed by atoms with van der Waals surface area (Å²) in [6.07, 6.45) is 3.02. The molecule has 1 aliphatic carbocycles. The second-order valence-corrected chi connectivity index (χ2v) is 9.05. The maximum atomic E-state index is 12.4. The molecule has 1 saturated carbocycles. The molecule has 0 aliphatic heterocycles. The van der Waals surface area contributed by atoms with Gasteiger partial charge in [0, 0.05) is 18.2 Å². The minimum atomic E-state index is -3.56. The third-order valence-electron chi connectivity index (χ3n) is 5.28. The molecule has 0 unspecified atom stereocenters. The number of aromatic hydroxyl groups is 1. The summed E-state index contributed by atoms with van der Waals surface area (Å²) in [5, 5.41) is 12.2. The molecule has 0 bridgehead atoms. The third kappa shape index (κ3) is 5.71. The fourth-order valence-electron chi connectivity index (χ4n) is 3.48. The highest BCUT2D eigenvalue weighted by molar-refractivity contribution is 7.89. The summed E-state index contributed by atoms with van der Waals surface area (Å²) in [7, 11) is -2.03. The van der Waals surface area contributed by atoms with Crippen molar-refractivity contribution in [3.8, 4) is 11.5 Å². The van der Waals surface area contributed by atoms with E-state index in [0.717, 1.165) is 25.7 Å². The van der Waals surface area contributed by atoms with Crippen molar-refractivity contribution in [1.82, 2.24) is 4.72 Å². The number of hydrogen-bond acceptors (Lipinski definition) is 5. The minimum absolute atomic E-state index is 0.0343. The van der Waals surface area contributed by atoms with Gasteiger partial charge in [-0.2, -0.15) is 0 Å². The summed E-state index contributed by atoms with van der Waals surface area (Å²) in [5.74, 6) is 0.848. The van der Waals surface area contributed by atoms with Gasteiger partial charge in [-0.15, -0.1) is 0 Å². The normalized spacial score (nSPS) is 19.5. The highest BCUT2D eigenvalue weighted by Gasteiger charge is 2.27. The predicted molar refractivity (Wildman–Crippen MR) is 110 cm³/mol. The fourth-order valence-corrected chi connectivity index (χ4v) is 4.60. The zero-order valence-electron chi connectivity index (χ0n) is 16.3. The molecule has 2 aromatic carbocycles. The van der Waals surface area contributed by atoms with Gasteiger partial charge in [-0.05, 0) is 80.1 Å². The Labute approximate surface area is 171 Å². The van der Waals surface area contributed by atoms with Gasteiger partial charge in [-0.3, -0.25) is 4.79 Å². The van der Waals surface area contributed by atoms with Crippen molar-refractivity contribution >= 4 is 21.6 Å². The molecule has 3 N–H and O–H groups in total. The molecule has 7 nitrogen and oxygen atoms in total. The van der Waals surface area contributed by atoms with Crippen molar-refractivity contribution in [3.05, 3.63) is 48.5 Å². The number of phenols is 1. The lowest BCUT2D eigenvalue weighted by Crippen LogP contribution is -2.33. The zero-order valence-corrected chi connectivity index (χ0v) is 17.1. The SMILES string of the molecule is COc1ccc(S(=O)(=O)NCC2CCC(C(=O)Nc3ccc(O)cc3)CC2)cc1. The Morgan fingerprint density at radius 2 is 1.66 bits per heavy atom. The second-order valence-electron chi connectivity index (χ2n) is 7.28. The number of methoxy groups -OCH3 is 1. The number of rotatable bonds is 7. The average molecular weight is 419 g/mol. The average Bonchev–Trinajstić information content (AvgIpc) is 2.74. The summed E-state index contributed by atoms with van der Waals surface area (Å²) in [5.41, 5.74) is 0.655. The molecule has 0 spiro atoms. The predicted octanol–water partition coefficient (Wildman–Crippen LogP) is 3.12. The van der Waals surface area contributed by atoms with Crippen LogP contribution in [-0.2, 0) is 14.8 Å². The van der Waals surface area contributed by atoms with E-state index in [1.165, 1.54) is 31.4 Å². The molecule has 29 heavy (non-hydrogen) atoms. The number of hydrogen-bond donors (Lipinski definition) is 3. The Bertz CT molecular complexity index is 919. The van der Waals surface area contributed by atoms with Crippen molar-refractivity contribution in [2.45, 2.75) is 30.6 Å². The van der Waals surface area contributed by atoms with Gasteiger partial charge in [0.2, 0.25) is 15.9 Å². The number of ether oxygens (including phenoxy) is 1. The molecule has 0 heterocycles. The van der Waals surface area contributed by atoms with Crippen LogP contribution in [0.2, 0.25) is 0 Å². The first kappa shape index (κ1) is 21.1. The lowest BCUT2D eigenvalue weighted by Gasteiger charge is -2.27. The molecule has 156 valence electrons. The van der Waals surface area contributed by atoms with Crippen molar-refractivity contribution in [2.24, 2.45) is 11.8 Å². The zero-order chi connectivity index (χ0) is 20.9. The molecule has 0 saturated heterocycles. The largest absolute Gasteiger partial charge is 0.508 e. The van der Waals surface area contributed by atoms with E-state index in [0.29, 0.717) is 18.0 Å². The van der Waals surface area contributed by atoms with Crippen LogP contribution in [0.25, 0.3) is 0 Å². The Morgan fingerprint density at radius 3 is 2.24 bits per heavy atom. The number of anilines is 1. The van der Waals surface area contributed by atoms with E-state index in [9.17, 15) is 18.3 Å². The molecule has 2 aromatic rings. The van der Waals surface area contributed by atoms with Crippen molar-refractivity contribution < 1.29 is 23.1 Å². The second kappa shape index (κ2) is 9.28. The van der Waals surface area contributed by atoms with Crippen LogP contribution in [0.1, 0.15) is 25.7 Å². The van der Waals surface area contributed by atoms with E-state index in [-0.39, 0.29) is 28.4 Å². The van der Waals surface area contributed by atoms with Gasteiger partial charge in [0.05, 0.1) is 12.0 Å². The van der Waals surface area contributed by atoms with Gasteiger partial charge < -0.3 is 15.2 Å². The number of nitrogens with one attached hydrogen (secondary N) is 2. The number of phenolic OH excluding ortho intramolecular Hbond substituents is 1. The van der Waals surface area contributed by atoms with E-state index >= 15 is 0 Å². The van der Waals surface area contributed by atoms with Crippen LogP contribution in [0.4, 0.5) is 5.69 Å². The summed E-state index contributed by atoms with van der Waals surface area (Å²) in [4.78, 5) is 12.6. The van der Waals surface area contributed by atoms with Gasteiger partial charge in [-0.25, -0.2) is 13.1 Å². The van der Waals surface area contributed by atoms with Gasteiger partial charge in [0.1, 0.15) is 11.5 Å². The Kier molecular flexibility index (Phi) is 6.76. The molecule has 1 amide bonds. The van der Waals surface area contributed by atoms with Gasteiger partial charge in [-0.1, -0.05) is 0 Å². The standard InChI is InChI=1S/C21H26N2O5S/c1-28-19-10-12-20(13-11-19)29(26,27)22-14-15-2-4-16(5-3-15)21(25)23-17-6-8-18(24)9-7-17/h6-13,15-16,22,24H,2-5,14H2,1H3,(H,23,25). The maximum absolute atomic E-state index is 12.4. The molecule has 3 rings (SSSR count). The van der Waals surface area contributed by atoms with Gasteiger partial charge in [0.15, 0.2) is 0 Å². The molecule has 0 atom stereocenters. The summed E-state index contributed by atoms with van der Waals surface area (Å²) < 4.78 is 32.6.